The summed E-state index contributed by atoms with van der Waals surface area (Å²) in [6, 6.07) is 11.8. The van der Waals surface area contributed by atoms with Gasteiger partial charge >= 0.3 is 6.18 Å². The van der Waals surface area contributed by atoms with Crippen LogP contribution in [0, 0.1) is 0 Å². The zero-order valence-corrected chi connectivity index (χ0v) is 15.3. The number of nitrogens with one attached hydrogen (secondary N) is 2. The van der Waals surface area contributed by atoms with E-state index in [0.29, 0.717) is 5.69 Å². The maximum Gasteiger partial charge on any atom is 0.418 e. The van der Waals surface area contributed by atoms with Crippen LogP contribution < -0.4 is 10.6 Å². The molecule has 0 unspecified atom stereocenters. The summed E-state index contributed by atoms with van der Waals surface area (Å²) in [6.45, 7) is 5.95. The summed E-state index contributed by atoms with van der Waals surface area (Å²) in [5.41, 5.74) is -0.105. The number of hydrogen-bond acceptors (Lipinski definition) is 2. The van der Waals surface area contributed by atoms with Crippen LogP contribution >= 0.6 is 0 Å². The summed E-state index contributed by atoms with van der Waals surface area (Å²) in [7, 11) is 0. The largest absolute Gasteiger partial charge is 0.418 e. The minimum atomic E-state index is -4.60. The minimum Gasteiger partial charge on any atom is -0.325 e. The molecule has 2 aromatic carbocycles. The third-order valence-corrected chi connectivity index (χ3v) is 3.84. The topological polar surface area (TPSA) is 58.2 Å². The molecular formula is C20H21F3N2O2. The molecule has 0 spiro atoms. The highest BCUT2D eigenvalue weighted by molar-refractivity contribution is 6.08. The van der Waals surface area contributed by atoms with Crippen molar-refractivity contribution in [1.82, 2.24) is 0 Å². The highest BCUT2D eigenvalue weighted by Crippen LogP contribution is 2.34. The number of rotatable bonds is 4. The van der Waals surface area contributed by atoms with Crippen molar-refractivity contribution in [2.24, 2.45) is 0 Å². The molecule has 2 amide bonds. The van der Waals surface area contributed by atoms with Crippen molar-refractivity contribution in [3.63, 3.8) is 0 Å². The number of halogens is 3. The predicted molar refractivity (Wildman–Crippen MR) is 98.5 cm³/mol. The number of alkyl halides is 3. The van der Waals surface area contributed by atoms with E-state index in [0.717, 1.165) is 17.7 Å². The first-order valence-electron chi connectivity index (χ1n) is 8.34. The van der Waals surface area contributed by atoms with Gasteiger partial charge in [-0.1, -0.05) is 51.1 Å². The molecule has 144 valence electrons. The Morgan fingerprint density at radius 2 is 1.19 bits per heavy atom. The highest BCUT2D eigenvalue weighted by Gasteiger charge is 2.33. The molecule has 0 bridgehead atoms. The molecule has 7 heteroatoms. The van der Waals surface area contributed by atoms with Gasteiger partial charge in [0.1, 0.15) is 6.42 Å². The highest BCUT2D eigenvalue weighted by atomic mass is 19.4. The first kappa shape index (κ1) is 20.5. The monoisotopic (exact) mass is 378 g/mol. The van der Waals surface area contributed by atoms with Crippen LogP contribution in [0.1, 0.15) is 38.3 Å². The fourth-order valence-corrected chi connectivity index (χ4v) is 2.62. The maximum atomic E-state index is 13.0. The van der Waals surface area contributed by atoms with Crippen LogP contribution in [-0.2, 0) is 21.2 Å². The van der Waals surface area contributed by atoms with Crippen molar-refractivity contribution < 1.29 is 22.8 Å². The van der Waals surface area contributed by atoms with E-state index in [1.807, 2.05) is 32.9 Å². The second-order valence-corrected chi connectivity index (χ2v) is 7.11. The number of amides is 2. The van der Waals surface area contributed by atoms with E-state index in [1.165, 1.54) is 12.1 Å². The van der Waals surface area contributed by atoms with Gasteiger partial charge in [-0.05, 0) is 29.2 Å². The lowest BCUT2D eigenvalue weighted by molar-refractivity contribution is -0.137. The molecule has 2 aromatic rings. The van der Waals surface area contributed by atoms with Crippen molar-refractivity contribution in [3.05, 3.63) is 59.7 Å². The van der Waals surface area contributed by atoms with Gasteiger partial charge in [0.05, 0.1) is 11.3 Å². The van der Waals surface area contributed by atoms with Gasteiger partial charge in [0.25, 0.3) is 0 Å². The van der Waals surface area contributed by atoms with Crippen LogP contribution in [0.25, 0.3) is 0 Å². The predicted octanol–water partition coefficient (Wildman–Crippen LogP) is 4.97. The quantitative estimate of drug-likeness (QED) is 0.738. The molecule has 0 aromatic heterocycles. The van der Waals surface area contributed by atoms with Gasteiger partial charge in [-0.25, -0.2) is 0 Å². The van der Waals surface area contributed by atoms with E-state index in [-0.39, 0.29) is 11.1 Å². The summed E-state index contributed by atoms with van der Waals surface area (Å²) in [4.78, 5) is 24.2. The molecule has 0 aliphatic heterocycles. The normalized spacial score (nSPS) is 11.8. The lowest BCUT2D eigenvalue weighted by atomic mass is 9.86. The fraction of sp³-hybridized carbons (Fsp3) is 0.300. The molecule has 27 heavy (non-hydrogen) atoms. The van der Waals surface area contributed by atoms with Gasteiger partial charge < -0.3 is 10.6 Å². The number of para-hydroxylation sites is 2. The summed E-state index contributed by atoms with van der Waals surface area (Å²) >= 11 is 0. The zero-order valence-electron chi connectivity index (χ0n) is 15.3. The van der Waals surface area contributed by atoms with Crippen LogP contribution in [0.4, 0.5) is 24.5 Å². The Bertz CT molecular complexity index is 770. The zero-order chi connectivity index (χ0) is 20.2. The SMILES string of the molecule is CC(C)(C)c1ccccc1NC(=O)CC(=O)Nc1ccccc1C(F)(F)F. The number of carbonyl (C=O) groups excluding carboxylic acids is 2. The molecule has 0 heterocycles. The lowest BCUT2D eigenvalue weighted by Gasteiger charge is -2.23. The van der Waals surface area contributed by atoms with Crippen LogP contribution in [0.15, 0.2) is 48.5 Å². The molecule has 2 rings (SSSR count). The maximum absolute atomic E-state index is 13.0. The van der Waals surface area contributed by atoms with Gasteiger partial charge in [-0.3, -0.25) is 9.59 Å². The van der Waals surface area contributed by atoms with Crippen LogP contribution in [0.2, 0.25) is 0 Å². The summed E-state index contributed by atoms with van der Waals surface area (Å²) in [5, 5.41) is 4.82. The molecule has 0 saturated heterocycles. The number of carbonyl (C=O) groups is 2. The first-order chi connectivity index (χ1) is 12.5. The second-order valence-electron chi connectivity index (χ2n) is 7.11. The van der Waals surface area contributed by atoms with Crippen LogP contribution in [-0.4, -0.2) is 11.8 Å². The number of hydrogen-bond donors (Lipinski definition) is 2. The molecule has 0 fully saturated rings. The van der Waals surface area contributed by atoms with Crippen LogP contribution in [0.5, 0.6) is 0 Å². The van der Waals surface area contributed by atoms with E-state index in [9.17, 15) is 22.8 Å². The molecule has 0 saturated carbocycles. The average molecular weight is 378 g/mol. The van der Waals surface area contributed by atoms with E-state index in [1.54, 1.807) is 12.1 Å². The molecule has 0 atom stereocenters. The van der Waals surface area contributed by atoms with Gasteiger partial charge in [0.2, 0.25) is 11.8 Å². The van der Waals surface area contributed by atoms with E-state index < -0.39 is 30.0 Å². The Labute approximate surface area is 155 Å². The van der Waals surface area contributed by atoms with E-state index >= 15 is 0 Å². The van der Waals surface area contributed by atoms with Crippen molar-refractivity contribution in [2.75, 3.05) is 10.6 Å². The number of benzene rings is 2. The van der Waals surface area contributed by atoms with Crippen molar-refractivity contribution in [2.45, 2.75) is 38.8 Å². The molecule has 4 nitrogen and oxygen atoms in total. The molecule has 0 radical (unpaired) electrons. The Hall–Kier alpha value is -2.83. The van der Waals surface area contributed by atoms with Crippen molar-refractivity contribution in [1.29, 1.82) is 0 Å². The summed E-state index contributed by atoms with van der Waals surface area (Å²) < 4.78 is 38.9. The molecular weight excluding hydrogens is 357 g/mol. The molecule has 0 aliphatic rings. The van der Waals surface area contributed by atoms with Crippen molar-refractivity contribution >= 4 is 23.2 Å². The lowest BCUT2D eigenvalue weighted by Crippen LogP contribution is -2.24. The minimum absolute atomic E-state index is 0.224. The first-order valence-corrected chi connectivity index (χ1v) is 8.34. The Morgan fingerprint density at radius 1 is 0.778 bits per heavy atom. The van der Waals surface area contributed by atoms with Gasteiger partial charge in [-0.2, -0.15) is 13.2 Å². The van der Waals surface area contributed by atoms with Gasteiger partial charge in [-0.15, -0.1) is 0 Å². The Balaban J connectivity index is 2.07. The summed E-state index contributed by atoms with van der Waals surface area (Å²) in [6.07, 6.45) is -5.19. The smallest absolute Gasteiger partial charge is 0.325 e. The second kappa shape index (κ2) is 7.82. The van der Waals surface area contributed by atoms with E-state index in [2.05, 4.69) is 10.6 Å². The molecule has 2 N–H and O–H groups in total. The van der Waals surface area contributed by atoms with Crippen molar-refractivity contribution in [3.8, 4) is 0 Å². The van der Waals surface area contributed by atoms with Gasteiger partial charge in [0.15, 0.2) is 0 Å². The standard InChI is InChI=1S/C20H21F3N2O2/c1-19(2,3)13-8-4-6-10-15(13)24-17(26)12-18(27)25-16-11-7-5-9-14(16)20(21,22)23/h4-11H,12H2,1-3H3,(H,24,26)(H,25,27). The fourth-order valence-electron chi connectivity index (χ4n) is 2.62. The summed E-state index contributed by atoms with van der Waals surface area (Å²) in [5.74, 6) is -1.42. The average Bonchev–Trinajstić information content (AvgIpc) is 2.53. The van der Waals surface area contributed by atoms with Gasteiger partial charge in [0, 0.05) is 5.69 Å². The number of anilines is 2. The Morgan fingerprint density at radius 3 is 1.63 bits per heavy atom. The van der Waals surface area contributed by atoms with E-state index in [4.69, 9.17) is 0 Å². The third-order valence-electron chi connectivity index (χ3n) is 3.84. The third kappa shape index (κ3) is 5.57. The van der Waals surface area contributed by atoms with Crippen LogP contribution in [0.3, 0.4) is 0 Å². The Kier molecular flexibility index (Phi) is 5.93. The molecule has 0 aliphatic carbocycles.